The molecule has 1 heterocycles. The average Bonchev–Trinajstić information content (AvgIpc) is 2.46. The van der Waals surface area contributed by atoms with Crippen molar-refractivity contribution in [3.8, 4) is 11.5 Å². The van der Waals surface area contributed by atoms with E-state index < -0.39 is 0 Å². The van der Waals surface area contributed by atoms with Crippen LogP contribution in [-0.4, -0.2) is 27.3 Å². The lowest BCUT2D eigenvalue weighted by Crippen LogP contribution is -2.28. The molecule has 0 aromatic heterocycles. The van der Waals surface area contributed by atoms with Gasteiger partial charge < -0.3 is 14.8 Å². The highest BCUT2D eigenvalue weighted by Crippen LogP contribution is 2.36. The van der Waals surface area contributed by atoms with Gasteiger partial charge in [-0.05, 0) is 55.0 Å². The fourth-order valence-electron chi connectivity index (χ4n) is 2.74. The molecule has 1 atom stereocenters. The summed E-state index contributed by atoms with van der Waals surface area (Å²) in [7, 11) is 3.39. The van der Waals surface area contributed by atoms with Crippen molar-refractivity contribution < 1.29 is 9.47 Å². The normalized spacial score (nSPS) is 19.6. The third kappa shape index (κ3) is 2.61. The topological polar surface area (TPSA) is 30.5 Å². The van der Waals surface area contributed by atoms with Crippen molar-refractivity contribution in [1.29, 1.82) is 0 Å². The van der Waals surface area contributed by atoms with Crippen molar-refractivity contribution in [2.45, 2.75) is 32.1 Å². The summed E-state index contributed by atoms with van der Waals surface area (Å²) >= 11 is 0. The van der Waals surface area contributed by atoms with Crippen LogP contribution in [0.25, 0.3) is 0 Å². The van der Waals surface area contributed by atoms with E-state index in [0.29, 0.717) is 5.92 Å². The van der Waals surface area contributed by atoms with Crippen LogP contribution >= 0.6 is 0 Å². The summed E-state index contributed by atoms with van der Waals surface area (Å²) < 4.78 is 10.8. The van der Waals surface area contributed by atoms with Crippen LogP contribution in [0.4, 0.5) is 0 Å². The molecule has 1 N–H and O–H groups in total. The quantitative estimate of drug-likeness (QED) is 0.890. The Bertz CT molecular complexity index is 398. The Morgan fingerprint density at radius 1 is 1.22 bits per heavy atom. The molecule has 3 nitrogen and oxygen atoms in total. The Hall–Kier alpha value is -1.22. The largest absolute Gasteiger partial charge is 0.493 e. The molecule has 1 aromatic carbocycles. The van der Waals surface area contributed by atoms with Gasteiger partial charge in [0.05, 0.1) is 14.2 Å². The Morgan fingerprint density at radius 2 is 1.94 bits per heavy atom. The molecular weight excluding hydrogens is 226 g/mol. The van der Waals surface area contributed by atoms with Crippen molar-refractivity contribution in [1.82, 2.24) is 5.32 Å². The number of piperidine rings is 1. The summed E-state index contributed by atoms with van der Waals surface area (Å²) in [5.41, 5.74) is 2.80. The highest BCUT2D eigenvalue weighted by molar-refractivity contribution is 5.48. The lowest BCUT2D eigenvalue weighted by molar-refractivity contribution is 0.353. The Labute approximate surface area is 109 Å². The monoisotopic (exact) mass is 249 g/mol. The minimum Gasteiger partial charge on any atom is -0.493 e. The van der Waals surface area contributed by atoms with Gasteiger partial charge in [-0.15, -0.1) is 0 Å². The molecule has 1 aliphatic rings. The minimum atomic E-state index is 0.605. The highest BCUT2D eigenvalue weighted by atomic mass is 16.5. The summed E-state index contributed by atoms with van der Waals surface area (Å²) in [5, 5.41) is 3.48. The van der Waals surface area contributed by atoms with Gasteiger partial charge in [-0.2, -0.15) is 0 Å². The van der Waals surface area contributed by atoms with Crippen molar-refractivity contribution in [3.05, 3.63) is 23.3 Å². The smallest absolute Gasteiger partial charge is 0.161 e. The van der Waals surface area contributed by atoms with Crippen molar-refractivity contribution in [3.63, 3.8) is 0 Å². The Balaban J connectivity index is 2.37. The maximum Gasteiger partial charge on any atom is 0.161 e. The molecule has 0 radical (unpaired) electrons. The second-order valence-electron chi connectivity index (χ2n) is 4.80. The molecule has 1 unspecified atom stereocenters. The van der Waals surface area contributed by atoms with E-state index in [1.807, 2.05) is 0 Å². The molecule has 100 valence electrons. The number of hydrogen-bond donors (Lipinski definition) is 1. The van der Waals surface area contributed by atoms with Crippen molar-refractivity contribution >= 4 is 0 Å². The zero-order valence-corrected chi connectivity index (χ0v) is 11.6. The van der Waals surface area contributed by atoms with E-state index in [2.05, 4.69) is 24.4 Å². The summed E-state index contributed by atoms with van der Waals surface area (Å²) in [5.74, 6) is 2.28. The first kappa shape index (κ1) is 13.2. The van der Waals surface area contributed by atoms with Gasteiger partial charge in [-0.1, -0.05) is 6.92 Å². The van der Waals surface area contributed by atoms with Gasteiger partial charge in [0.2, 0.25) is 0 Å². The zero-order chi connectivity index (χ0) is 13.0. The van der Waals surface area contributed by atoms with Crippen molar-refractivity contribution in [2.24, 2.45) is 0 Å². The summed E-state index contributed by atoms with van der Waals surface area (Å²) in [6.07, 6.45) is 3.55. The number of nitrogens with one attached hydrogen (secondary N) is 1. The highest BCUT2D eigenvalue weighted by Gasteiger charge is 2.20. The molecule has 1 aromatic rings. The first-order valence-electron chi connectivity index (χ1n) is 6.75. The van der Waals surface area contributed by atoms with Crippen LogP contribution in [0.15, 0.2) is 12.1 Å². The van der Waals surface area contributed by atoms with E-state index in [4.69, 9.17) is 9.47 Å². The Kier molecular flexibility index (Phi) is 4.48. The van der Waals surface area contributed by atoms with E-state index in [-0.39, 0.29) is 0 Å². The average molecular weight is 249 g/mol. The van der Waals surface area contributed by atoms with Gasteiger partial charge in [-0.3, -0.25) is 0 Å². The first-order chi connectivity index (χ1) is 8.80. The maximum atomic E-state index is 5.42. The molecule has 1 fully saturated rings. The second kappa shape index (κ2) is 6.10. The third-order valence-electron chi connectivity index (χ3n) is 3.76. The summed E-state index contributed by atoms with van der Waals surface area (Å²) in [6, 6.07) is 4.29. The van der Waals surface area contributed by atoms with Crippen LogP contribution in [0.1, 0.15) is 36.8 Å². The van der Waals surface area contributed by atoms with Gasteiger partial charge in [0, 0.05) is 6.54 Å². The molecule has 0 amide bonds. The van der Waals surface area contributed by atoms with Gasteiger partial charge in [-0.25, -0.2) is 0 Å². The Morgan fingerprint density at radius 3 is 2.50 bits per heavy atom. The number of aryl methyl sites for hydroxylation is 1. The minimum absolute atomic E-state index is 0.605. The van der Waals surface area contributed by atoms with E-state index >= 15 is 0 Å². The molecule has 2 rings (SSSR count). The lowest BCUT2D eigenvalue weighted by atomic mass is 9.87. The third-order valence-corrected chi connectivity index (χ3v) is 3.76. The second-order valence-corrected chi connectivity index (χ2v) is 4.80. The summed E-state index contributed by atoms with van der Waals surface area (Å²) in [6.45, 7) is 4.41. The first-order valence-corrected chi connectivity index (χ1v) is 6.75. The lowest BCUT2D eigenvalue weighted by Gasteiger charge is -2.26. The van der Waals surface area contributed by atoms with E-state index in [9.17, 15) is 0 Å². The maximum absolute atomic E-state index is 5.42. The van der Waals surface area contributed by atoms with Crippen LogP contribution in [0, 0.1) is 0 Å². The van der Waals surface area contributed by atoms with E-state index in [1.165, 1.54) is 24.0 Å². The number of ether oxygens (including phenoxy) is 2. The van der Waals surface area contributed by atoms with Crippen LogP contribution in [0.5, 0.6) is 11.5 Å². The van der Waals surface area contributed by atoms with Crippen molar-refractivity contribution in [2.75, 3.05) is 27.3 Å². The molecule has 18 heavy (non-hydrogen) atoms. The molecule has 0 aliphatic carbocycles. The number of rotatable bonds is 4. The van der Waals surface area contributed by atoms with Crippen LogP contribution in [0.2, 0.25) is 0 Å². The number of methoxy groups -OCH3 is 2. The van der Waals surface area contributed by atoms with Crippen LogP contribution < -0.4 is 14.8 Å². The van der Waals surface area contributed by atoms with Crippen LogP contribution in [-0.2, 0) is 6.42 Å². The van der Waals surface area contributed by atoms with Gasteiger partial charge in [0.25, 0.3) is 0 Å². The van der Waals surface area contributed by atoms with Crippen LogP contribution in [0.3, 0.4) is 0 Å². The molecule has 1 saturated heterocycles. The fourth-order valence-corrected chi connectivity index (χ4v) is 2.74. The fraction of sp³-hybridized carbons (Fsp3) is 0.600. The van der Waals surface area contributed by atoms with E-state index in [1.54, 1.807) is 14.2 Å². The molecule has 0 spiro atoms. The number of hydrogen-bond acceptors (Lipinski definition) is 3. The molecule has 0 saturated carbocycles. The summed E-state index contributed by atoms with van der Waals surface area (Å²) in [4.78, 5) is 0. The molecular formula is C15H23NO2. The SMILES string of the molecule is CCc1cc(OC)c(OC)cc1C1CCCNC1. The zero-order valence-electron chi connectivity index (χ0n) is 11.6. The number of benzene rings is 1. The predicted octanol–water partition coefficient (Wildman–Crippen LogP) is 2.73. The molecule has 1 aliphatic heterocycles. The van der Waals surface area contributed by atoms with E-state index in [0.717, 1.165) is 31.0 Å². The van der Waals surface area contributed by atoms with Gasteiger partial charge >= 0.3 is 0 Å². The predicted molar refractivity (Wildman–Crippen MR) is 73.8 cm³/mol. The van der Waals surface area contributed by atoms with Gasteiger partial charge in [0.15, 0.2) is 11.5 Å². The standard InChI is InChI=1S/C15H23NO2/c1-4-11-8-14(17-2)15(18-3)9-13(11)12-6-5-7-16-10-12/h8-9,12,16H,4-7,10H2,1-3H3. The molecule has 3 heteroatoms. The van der Waals surface area contributed by atoms with Gasteiger partial charge in [0.1, 0.15) is 0 Å². The molecule has 0 bridgehead atoms.